The summed E-state index contributed by atoms with van der Waals surface area (Å²) in [5.41, 5.74) is -0.504. The second-order valence-electron chi connectivity index (χ2n) is 2.94. The quantitative estimate of drug-likeness (QED) is 0.399. The topological polar surface area (TPSA) is 0 Å². The zero-order valence-electron chi connectivity index (χ0n) is 8.05. The second kappa shape index (κ2) is 5.31. The Morgan fingerprint density at radius 2 is 1.50 bits per heavy atom. The van der Waals surface area contributed by atoms with Crippen molar-refractivity contribution in [1.82, 2.24) is 0 Å². The maximum atomic E-state index is 13.4. The van der Waals surface area contributed by atoms with Crippen molar-refractivity contribution < 1.29 is 17.6 Å². The number of halogens is 6. The maximum Gasteiger partial charge on any atom is 0.198 e. The summed E-state index contributed by atoms with van der Waals surface area (Å²) < 4.78 is 52.9. The highest BCUT2D eigenvalue weighted by atomic mass is 79.9. The van der Waals surface area contributed by atoms with Crippen LogP contribution in [0.25, 0.3) is 6.08 Å². The normalized spacial score (nSPS) is 10.4. The minimum atomic E-state index is -1.80. The number of rotatable bonds is 2. The van der Waals surface area contributed by atoms with Gasteiger partial charge in [-0.2, -0.15) is 0 Å². The van der Waals surface area contributed by atoms with Crippen LogP contribution in [0.4, 0.5) is 17.6 Å². The van der Waals surface area contributed by atoms with Crippen LogP contribution in [0.5, 0.6) is 0 Å². The van der Waals surface area contributed by atoms with Crippen molar-refractivity contribution in [3.63, 3.8) is 0 Å². The van der Waals surface area contributed by atoms with Gasteiger partial charge in [-0.05, 0) is 44.4 Å². The first-order valence-corrected chi connectivity index (χ1v) is 5.86. The molecule has 1 aromatic rings. The Labute approximate surface area is 107 Å². The molecule has 0 saturated carbocycles. The molecule has 1 aromatic carbocycles. The van der Waals surface area contributed by atoms with E-state index in [0.717, 1.165) is 6.08 Å². The molecule has 0 fully saturated rings. The molecule has 0 atom stereocenters. The molecule has 0 aliphatic rings. The monoisotopic (exact) mass is 360 g/mol. The fourth-order valence-electron chi connectivity index (χ4n) is 1.30. The first-order valence-electron chi connectivity index (χ1n) is 4.27. The molecular formula is C10H6Br2F4. The second-order valence-corrected chi connectivity index (χ2v) is 5.71. The van der Waals surface area contributed by atoms with Gasteiger partial charge in [0.05, 0.1) is 3.39 Å². The van der Waals surface area contributed by atoms with Crippen molar-refractivity contribution in [3.8, 4) is 0 Å². The summed E-state index contributed by atoms with van der Waals surface area (Å²) in [6.45, 7) is 1.52. The van der Waals surface area contributed by atoms with Gasteiger partial charge in [0.25, 0.3) is 0 Å². The van der Waals surface area contributed by atoms with E-state index < -0.39 is 23.3 Å². The van der Waals surface area contributed by atoms with Crippen LogP contribution in [-0.4, -0.2) is 0 Å². The SMILES string of the molecule is CCc1c(F)c(F)c(F)c(F)c1C=C(Br)Br. The highest BCUT2D eigenvalue weighted by Gasteiger charge is 2.23. The average Bonchev–Trinajstić information content (AvgIpc) is 2.23. The van der Waals surface area contributed by atoms with Crippen molar-refractivity contribution in [3.05, 3.63) is 37.8 Å². The van der Waals surface area contributed by atoms with Crippen LogP contribution < -0.4 is 0 Å². The Morgan fingerprint density at radius 3 is 1.94 bits per heavy atom. The first-order chi connectivity index (χ1) is 7.40. The van der Waals surface area contributed by atoms with Crippen LogP contribution in [-0.2, 0) is 6.42 Å². The Kier molecular flexibility index (Phi) is 4.55. The molecule has 0 heterocycles. The highest BCUT2D eigenvalue weighted by Crippen LogP contribution is 2.28. The number of benzene rings is 1. The Hall–Kier alpha value is -0.360. The van der Waals surface area contributed by atoms with Crippen LogP contribution in [0.2, 0.25) is 0 Å². The third-order valence-corrected chi connectivity index (χ3v) is 2.47. The fourth-order valence-corrected chi connectivity index (χ4v) is 1.76. The van der Waals surface area contributed by atoms with Crippen molar-refractivity contribution in [2.45, 2.75) is 13.3 Å². The van der Waals surface area contributed by atoms with Gasteiger partial charge in [0.2, 0.25) is 0 Å². The van der Waals surface area contributed by atoms with Crippen LogP contribution >= 0.6 is 31.9 Å². The summed E-state index contributed by atoms with van der Waals surface area (Å²) in [6, 6.07) is 0. The zero-order valence-corrected chi connectivity index (χ0v) is 11.2. The van der Waals surface area contributed by atoms with Gasteiger partial charge >= 0.3 is 0 Å². The van der Waals surface area contributed by atoms with Gasteiger partial charge < -0.3 is 0 Å². The largest absolute Gasteiger partial charge is 0.203 e. The molecule has 0 nitrogen and oxygen atoms in total. The fraction of sp³-hybridized carbons (Fsp3) is 0.200. The predicted octanol–water partition coefficient (Wildman–Crippen LogP) is 4.89. The summed E-state index contributed by atoms with van der Waals surface area (Å²) in [6.07, 6.45) is 1.19. The van der Waals surface area contributed by atoms with E-state index in [4.69, 9.17) is 0 Å². The van der Waals surface area contributed by atoms with Crippen molar-refractivity contribution in [1.29, 1.82) is 0 Å². The van der Waals surface area contributed by atoms with Crippen LogP contribution in [0.1, 0.15) is 18.1 Å². The number of hydrogen-bond donors (Lipinski definition) is 0. The van der Waals surface area contributed by atoms with Gasteiger partial charge in [-0.1, -0.05) is 6.92 Å². The maximum absolute atomic E-state index is 13.4. The summed E-state index contributed by atoms with van der Waals surface area (Å²) in [5.74, 6) is -6.33. The van der Waals surface area contributed by atoms with E-state index in [9.17, 15) is 17.6 Å². The third kappa shape index (κ3) is 2.48. The Balaban J connectivity index is 3.64. The third-order valence-electron chi connectivity index (χ3n) is 2.01. The van der Waals surface area contributed by atoms with E-state index in [-0.39, 0.29) is 17.5 Å². The molecule has 0 N–H and O–H groups in total. The van der Waals surface area contributed by atoms with Crippen LogP contribution in [0.3, 0.4) is 0 Å². The van der Waals surface area contributed by atoms with Gasteiger partial charge in [0.15, 0.2) is 23.3 Å². The van der Waals surface area contributed by atoms with Crippen molar-refractivity contribution in [2.24, 2.45) is 0 Å². The number of hydrogen-bond acceptors (Lipinski definition) is 0. The highest BCUT2D eigenvalue weighted by molar-refractivity contribution is 9.28. The van der Waals surface area contributed by atoms with Crippen molar-refractivity contribution in [2.75, 3.05) is 0 Å². The molecule has 16 heavy (non-hydrogen) atoms. The molecule has 0 saturated heterocycles. The van der Waals surface area contributed by atoms with E-state index in [1.807, 2.05) is 0 Å². The lowest BCUT2D eigenvalue weighted by Gasteiger charge is -2.09. The molecule has 88 valence electrons. The molecule has 6 heteroatoms. The lowest BCUT2D eigenvalue weighted by atomic mass is 10.0. The Morgan fingerprint density at radius 1 is 1.00 bits per heavy atom. The molecule has 0 bridgehead atoms. The zero-order chi connectivity index (χ0) is 12.5. The molecule has 0 spiro atoms. The van der Waals surface area contributed by atoms with Gasteiger partial charge in [0, 0.05) is 11.1 Å². The summed E-state index contributed by atoms with van der Waals surface area (Å²) >= 11 is 5.90. The first kappa shape index (κ1) is 13.7. The lowest BCUT2D eigenvalue weighted by Crippen LogP contribution is -2.05. The van der Waals surface area contributed by atoms with Gasteiger partial charge in [0.1, 0.15) is 0 Å². The molecule has 0 radical (unpaired) electrons. The Bertz CT molecular complexity index is 451. The van der Waals surface area contributed by atoms with Gasteiger partial charge in [-0.25, -0.2) is 17.6 Å². The molecule has 0 amide bonds. The minimum absolute atomic E-state index is 0.0546. The van der Waals surface area contributed by atoms with E-state index in [1.54, 1.807) is 0 Å². The molecule has 1 rings (SSSR count). The summed E-state index contributed by atoms with van der Waals surface area (Å²) in [4.78, 5) is 0. The van der Waals surface area contributed by atoms with E-state index in [0.29, 0.717) is 3.39 Å². The standard InChI is InChI=1S/C10H6Br2F4/c1-2-4-5(3-6(11)12)8(14)10(16)9(15)7(4)13/h3H,2H2,1H3. The molecule has 0 unspecified atom stereocenters. The summed E-state index contributed by atoms with van der Waals surface area (Å²) in [7, 11) is 0. The van der Waals surface area contributed by atoms with Crippen LogP contribution in [0.15, 0.2) is 3.39 Å². The molecule has 0 aliphatic carbocycles. The molecule has 0 aromatic heterocycles. The van der Waals surface area contributed by atoms with E-state index >= 15 is 0 Å². The average molecular weight is 362 g/mol. The van der Waals surface area contributed by atoms with Crippen LogP contribution in [0, 0.1) is 23.3 Å². The van der Waals surface area contributed by atoms with Gasteiger partial charge in [-0.3, -0.25) is 0 Å². The lowest BCUT2D eigenvalue weighted by molar-refractivity contribution is 0.403. The smallest absolute Gasteiger partial charge is 0.198 e. The van der Waals surface area contributed by atoms with Crippen molar-refractivity contribution >= 4 is 37.9 Å². The summed E-state index contributed by atoms with van der Waals surface area (Å²) in [5, 5.41) is 0. The minimum Gasteiger partial charge on any atom is -0.203 e. The van der Waals surface area contributed by atoms with E-state index in [1.165, 1.54) is 6.92 Å². The van der Waals surface area contributed by atoms with E-state index in [2.05, 4.69) is 31.9 Å². The van der Waals surface area contributed by atoms with Gasteiger partial charge in [-0.15, -0.1) is 0 Å². The molecule has 0 aliphatic heterocycles. The predicted molar refractivity (Wildman–Crippen MR) is 61.5 cm³/mol. The molecular weight excluding hydrogens is 356 g/mol.